The van der Waals surface area contributed by atoms with E-state index in [1.165, 1.54) is 23.8 Å². The Bertz CT molecular complexity index is 1420. The van der Waals surface area contributed by atoms with E-state index in [4.69, 9.17) is 9.15 Å². The van der Waals surface area contributed by atoms with Crippen LogP contribution in [-0.2, 0) is 11.3 Å². The van der Waals surface area contributed by atoms with Crippen molar-refractivity contribution in [3.05, 3.63) is 57.9 Å². The normalized spacial score (nSPS) is 16.7. The average molecular weight is 493 g/mol. The summed E-state index contributed by atoms with van der Waals surface area (Å²) in [6, 6.07) is 11.0. The van der Waals surface area contributed by atoms with Gasteiger partial charge >= 0.3 is 5.97 Å². The van der Waals surface area contributed by atoms with Crippen LogP contribution in [0.5, 0.6) is 5.75 Å². The topological polar surface area (TPSA) is 92.9 Å². The number of phenolic OH excluding ortho intramolecular Hbond substituents is 1. The number of likely N-dealkylation sites (tertiary alicyclic amines) is 1. The van der Waals surface area contributed by atoms with Crippen molar-refractivity contribution in [1.29, 1.82) is 0 Å². The zero-order chi connectivity index (χ0) is 24.5. The Labute approximate surface area is 207 Å². The van der Waals surface area contributed by atoms with Gasteiger partial charge in [-0.1, -0.05) is 25.5 Å². The fourth-order valence-electron chi connectivity index (χ4n) is 4.90. The molecule has 1 unspecified atom stereocenters. The molecule has 0 bridgehead atoms. The average Bonchev–Trinajstić information content (AvgIpc) is 3.29. The quantitative estimate of drug-likeness (QED) is 0.344. The largest absolute Gasteiger partial charge is 0.507 e. The van der Waals surface area contributed by atoms with Crippen LogP contribution in [-0.4, -0.2) is 40.2 Å². The summed E-state index contributed by atoms with van der Waals surface area (Å²) in [6.45, 7) is 5.35. The molecule has 35 heavy (non-hydrogen) atoms. The molecule has 5 rings (SSSR count). The van der Waals surface area contributed by atoms with Gasteiger partial charge in [0.05, 0.1) is 27.8 Å². The Hall–Kier alpha value is -3.23. The van der Waals surface area contributed by atoms with Gasteiger partial charge in [0.2, 0.25) is 11.2 Å². The number of aromatic nitrogens is 1. The Morgan fingerprint density at radius 1 is 1.23 bits per heavy atom. The number of aromatic hydroxyl groups is 1. The van der Waals surface area contributed by atoms with Crippen molar-refractivity contribution in [3.63, 3.8) is 0 Å². The summed E-state index contributed by atoms with van der Waals surface area (Å²) in [5.41, 5.74) is 1.21. The lowest BCUT2D eigenvalue weighted by Gasteiger charge is -2.35. The van der Waals surface area contributed by atoms with Crippen LogP contribution in [0.3, 0.4) is 0 Å². The van der Waals surface area contributed by atoms with Crippen molar-refractivity contribution < 1.29 is 19.1 Å². The summed E-state index contributed by atoms with van der Waals surface area (Å²) in [4.78, 5) is 33.7. The van der Waals surface area contributed by atoms with Gasteiger partial charge in [-0.25, -0.2) is 9.78 Å². The molecule has 0 aliphatic carbocycles. The zero-order valence-electron chi connectivity index (χ0n) is 19.9. The molecule has 182 valence electrons. The molecule has 0 spiro atoms. The Morgan fingerprint density at radius 3 is 2.83 bits per heavy atom. The van der Waals surface area contributed by atoms with Gasteiger partial charge in [-0.15, -0.1) is 11.3 Å². The number of esters is 1. The highest BCUT2D eigenvalue weighted by molar-refractivity contribution is 7.21. The maximum atomic E-state index is 13.8. The van der Waals surface area contributed by atoms with Crippen molar-refractivity contribution in [1.82, 2.24) is 9.88 Å². The summed E-state index contributed by atoms with van der Waals surface area (Å²) >= 11 is 1.33. The first-order valence-corrected chi connectivity index (χ1v) is 12.9. The molecule has 3 heterocycles. The van der Waals surface area contributed by atoms with Crippen molar-refractivity contribution in [2.24, 2.45) is 0 Å². The molecule has 1 N–H and O–H groups in total. The van der Waals surface area contributed by atoms with Crippen LogP contribution in [0.4, 0.5) is 0 Å². The number of phenols is 1. The number of rotatable bonds is 6. The second-order valence-corrected chi connectivity index (χ2v) is 9.84. The summed E-state index contributed by atoms with van der Waals surface area (Å²) in [7, 11) is 0. The molecule has 1 atom stereocenters. The van der Waals surface area contributed by atoms with Gasteiger partial charge in [0.15, 0.2) is 0 Å². The van der Waals surface area contributed by atoms with Crippen molar-refractivity contribution in [2.75, 3.05) is 13.2 Å². The SMILES string of the molecule is CCOC(=O)c1oc2c(CN3CCCCC3CC)c(O)ccc2c(=O)c1-c1nc2ccccc2s1. The lowest BCUT2D eigenvalue weighted by Crippen LogP contribution is -2.38. The lowest BCUT2D eigenvalue weighted by molar-refractivity contribution is 0.0491. The second kappa shape index (κ2) is 9.79. The van der Waals surface area contributed by atoms with Gasteiger partial charge in [0.25, 0.3) is 0 Å². The van der Waals surface area contributed by atoms with E-state index in [-0.39, 0.29) is 34.7 Å². The molecule has 2 aromatic heterocycles. The second-order valence-electron chi connectivity index (χ2n) is 8.81. The van der Waals surface area contributed by atoms with Gasteiger partial charge in [-0.05, 0) is 57.0 Å². The number of hydrogen-bond donors (Lipinski definition) is 1. The molecular weight excluding hydrogens is 464 g/mol. The molecule has 4 aromatic rings. The van der Waals surface area contributed by atoms with E-state index in [2.05, 4.69) is 16.8 Å². The maximum absolute atomic E-state index is 13.8. The maximum Gasteiger partial charge on any atom is 0.375 e. The van der Waals surface area contributed by atoms with Gasteiger partial charge in [0.1, 0.15) is 21.9 Å². The summed E-state index contributed by atoms with van der Waals surface area (Å²) < 4.78 is 12.3. The first-order valence-electron chi connectivity index (χ1n) is 12.1. The van der Waals surface area contributed by atoms with Crippen LogP contribution in [0.1, 0.15) is 55.6 Å². The molecule has 1 aliphatic heterocycles. The molecule has 1 saturated heterocycles. The van der Waals surface area contributed by atoms with Crippen LogP contribution in [0.25, 0.3) is 31.8 Å². The number of carbonyl (C=O) groups excluding carboxylic acids is 1. The van der Waals surface area contributed by atoms with Gasteiger partial charge in [-0.3, -0.25) is 9.69 Å². The van der Waals surface area contributed by atoms with Crippen molar-refractivity contribution in [2.45, 2.75) is 52.1 Å². The van der Waals surface area contributed by atoms with E-state index in [1.54, 1.807) is 13.0 Å². The van der Waals surface area contributed by atoms with Crippen molar-refractivity contribution >= 4 is 38.5 Å². The molecule has 2 aromatic carbocycles. The molecule has 0 radical (unpaired) electrons. The number of nitrogens with zero attached hydrogens (tertiary/aromatic N) is 2. The van der Waals surface area contributed by atoms with E-state index >= 15 is 0 Å². The summed E-state index contributed by atoms with van der Waals surface area (Å²) in [5, 5.41) is 11.5. The molecule has 0 amide bonds. The number of carbonyl (C=O) groups is 1. The highest BCUT2D eigenvalue weighted by Gasteiger charge is 2.29. The molecule has 1 fully saturated rings. The third kappa shape index (κ3) is 4.32. The first-order chi connectivity index (χ1) is 17.0. The monoisotopic (exact) mass is 492 g/mol. The molecular formula is C27H28N2O5S. The zero-order valence-corrected chi connectivity index (χ0v) is 20.7. The minimum absolute atomic E-state index is 0.0450. The molecule has 8 heteroatoms. The first kappa shape index (κ1) is 23.5. The van der Waals surface area contributed by atoms with Crippen LogP contribution in [0, 0.1) is 0 Å². The number of piperidine rings is 1. The van der Waals surface area contributed by atoms with Crippen LogP contribution >= 0.6 is 11.3 Å². The third-order valence-electron chi connectivity index (χ3n) is 6.69. The Morgan fingerprint density at radius 2 is 2.06 bits per heavy atom. The Kier molecular flexibility index (Phi) is 6.58. The minimum atomic E-state index is -0.723. The fraction of sp³-hybridized carbons (Fsp3) is 0.370. The van der Waals surface area contributed by atoms with E-state index < -0.39 is 5.97 Å². The van der Waals surface area contributed by atoms with Gasteiger partial charge in [-0.2, -0.15) is 0 Å². The lowest BCUT2D eigenvalue weighted by atomic mass is 9.98. The smallest absolute Gasteiger partial charge is 0.375 e. The number of thiazole rings is 1. The number of benzene rings is 2. The minimum Gasteiger partial charge on any atom is -0.507 e. The van der Waals surface area contributed by atoms with Crippen LogP contribution < -0.4 is 5.43 Å². The molecule has 0 saturated carbocycles. The van der Waals surface area contributed by atoms with E-state index in [9.17, 15) is 14.7 Å². The molecule has 7 nitrogen and oxygen atoms in total. The summed E-state index contributed by atoms with van der Waals surface area (Å²) in [5.74, 6) is -0.857. The van der Waals surface area contributed by atoms with E-state index in [0.29, 0.717) is 28.5 Å². The fourth-order valence-corrected chi connectivity index (χ4v) is 5.91. The third-order valence-corrected chi connectivity index (χ3v) is 7.74. The van der Waals surface area contributed by atoms with E-state index in [0.717, 1.165) is 36.0 Å². The highest BCUT2D eigenvalue weighted by Crippen LogP contribution is 2.35. The van der Waals surface area contributed by atoms with Gasteiger partial charge in [0, 0.05) is 12.6 Å². The van der Waals surface area contributed by atoms with Crippen LogP contribution in [0.15, 0.2) is 45.6 Å². The highest BCUT2D eigenvalue weighted by atomic mass is 32.1. The number of hydrogen-bond acceptors (Lipinski definition) is 8. The van der Waals surface area contributed by atoms with Crippen LogP contribution in [0.2, 0.25) is 0 Å². The molecule has 1 aliphatic rings. The number of fused-ring (bicyclic) bond motifs is 2. The van der Waals surface area contributed by atoms with Crippen molar-refractivity contribution in [3.8, 4) is 16.3 Å². The predicted molar refractivity (Wildman–Crippen MR) is 137 cm³/mol. The van der Waals surface area contributed by atoms with Gasteiger partial charge < -0.3 is 14.3 Å². The van der Waals surface area contributed by atoms with E-state index in [1.807, 2.05) is 24.3 Å². The summed E-state index contributed by atoms with van der Waals surface area (Å²) in [6.07, 6.45) is 4.37. The number of para-hydroxylation sites is 1. The predicted octanol–water partition coefficient (Wildman–Crippen LogP) is 5.72. The standard InChI is InChI=1S/C27H28N2O5S/c1-3-16-9-7-8-14-29(16)15-18-20(30)13-12-17-23(31)22(25(34-24(17)18)27(32)33-4-2)26-28-19-10-5-6-11-21(19)35-26/h5-6,10-13,16,30H,3-4,7-9,14-15H2,1-2H3. The number of ether oxygens (including phenoxy) is 1. The Balaban J connectivity index is 1.72.